The molecule has 2 aromatic rings. The summed E-state index contributed by atoms with van der Waals surface area (Å²) in [6.07, 6.45) is -3.45. The third kappa shape index (κ3) is 5.14. The minimum absolute atomic E-state index is 0.224. The van der Waals surface area contributed by atoms with Crippen LogP contribution in [0.15, 0.2) is 36.4 Å². The van der Waals surface area contributed by atoms with E-state index in [1.54, 1.807) is 25.3 Å². The first-order chi connectivity index (χ1) is 15.4. The van der Waals surface area contributed by atoms with E-state index >= 15 is 0 Å². The molecule has 0 bridgehead atoms. The van der Waals surface area contributed by atoms with Crippen LogP contribution < -0.4 is 18.9 Å². The highest BCUT2D eigenvalue weighted by atomic mass is 16.7. The summed E-state index contributed by atoms with van der Waals surface area (Å²) >= 11 is 0. The molecule has 32 heavy (non-hydrogen) atoms. The Bertz CT molecular complexity index is 910. The molecule has 4 N–H and O–H groups in total. The van der Waals surface area contributed by atoms with Crippen LogP contribution in [-0.4, -0.2) is 79.1 Å². The number of ether oxygens (including phenoxy) is 5. The van der Waals surface area contributed by atoms with Crippen LogP contribution in [0.25, 0.3) is 12.2 Å². The molecule has 0 aromatic heterocycles. The Hall–Kier alpha value is -2.82. The molecule has 0 unspecified atom stereocenters. The summed E-state index contributed by atoms with van der Waals surface area (Å²) in [5.74, 6) is 1.77. The van der Waals surface area contributed by atoms with Gasteiger partial charge in [-0.1, -0.05) is 24.3 Å². The molecule has 174 valence electrons. The molecular weight excluding hydrogens is 420 g/mol. The number of aliphatic hydroxyl groups is 4. The van der Waals surface area contributed by atoms with Crippen molar-refractivity contribution in [2.75, 3.05) is 27.9 Å². The number of hydrogen-bond donors (Lipinski definition) is 4. The molecule has 2 aromatic carbocycles. The van der Waals surface area contributed by atoms with Gasteiger partial charge in [0.25, 0.3) is 0 Å². The molecule has 3 rings (SSSR count). The summed E-state index contributed by atoms with van der Waals surface area (Å²) in [7, 11) is 4.56. The lowest BCUT2D eigenvalue weighted by atomic mass is 9.99. The zero-order chi connectivity index (χ0) is 23.3. The molecule has 0 amide bonds. The third-order valence-electron chi connectivity index (χ3n) is 5.17. The van der Waals surface area contributed by atoms with Gasteiger partial charge in [-0.2, -0.15) is 0 Å². The first-order valence-electron chi connectivity index (χ1n) is 9.97. The Labute approximate surface area is 186 Å². The summed E-state index contributed by atoms with van der Waals surface area (Å²) in [5.41, 5.74) is 1.44. The topological polar surface area (TPSA) is 127 Å². The maximum atomic E-state index is 10.4. The highest BCUT2D eigenvalue weighted by molar-refractivity contribution is 5.75. The Morgan fingerprint density at radius 1 is 0.844 bits per heavy atom. The average Bonchev–Trinajstić information content (AvgIpc) is 2.83. The Balaban J connectivity index is 1.95. The summed E-state index contributed by atoms with van der Waals surface area (Å²) < 4.78 is 27.3. The minimum Gasteiger partial charge on any atom is -0.497 e. The van der Waals surface area contributed by atoms with E-state index in [4.69, 9.17) is 23.7 Å². The van der Waals surface area contributed by atoms with Gasteiger partial charge >= 0.3 is 0 Å². The zero-order valence-electron chi connectivity index (χ0n) is 18.0. The van der Waals surface area contributed by atoms with Gasteiger partial charge in [-0.05, 0) is 23.8 Å². The number of aliphatic hydroxyl groups excluding tert-OH is 4. The summed E-state index contributed by atoms with van der Waals surface area (Å²) in [6, 6.07) is 10.7. The van der Waals surface area contributed by atoms with Crippen LogP contribution in [0.4, 0.5) is 0 Å². The molecule has 0 radical (unpaired) electrons. The summed E-state index contributed by atoms with van der Waals surface area (Å²) in [4.78, 5) is 0. The second kappa shape index (κ2) is 10.7. The van der Waals surface area contributed by atoms with Gasteiger partial charge in [0, 0.05) is 11.6 Å². The molecule has 1 fully saturated rings. The largest absolute Gasteiger partial charge is 0.497 e. The van der Waals surface area contributed by atoms with E-state index in [9.17, 15) is 20.4 Å². The maximum absolute atomic E-state index is 10.4. The molecule has 1 aliphatic heterocycles. The molecule has 0 saturated carbocycles. The fourth-order valence-electron chi connectivity index (χ4n) is 3.30. The van der Waals surface area contributed by atoms with Gasteiger partial charge in [-0.15, -0.1) is 0 Å². The molecule has 5 atom stereocenters. The second-order valence-electron chi connectivity index (χ2n) is 7.17. The highest BCUT2D eigenvalue weighted by Gasteiger charge is 2.45. The Kier molecular flexibility index (Phi) is 7.94. The quantitative estimate of drug-likeness (QED) is 0.439. The summed E-state index contributed by atoms with van der Waals surface area (Å²) in [6.45, 7) is -0.561. The molecule has 1 saturated heterocycles. The monoisotopic (exact) mass is 448 g/mol. The molecule has 1 heterocycles. The average molecular weight is 448 g/mol. The lowest BCUT2D eigenvalue weighted by molar-refractivity contribution is -0.277. The predicted molar refractivity (Wildman–Crippen MR) is 116 cm³/mol. The van der Waals surface area contributed by atoms with Crippen LogP contribution in [0.1, 0.15) is 11.1 Å². The van der Waals surface area contributed by atoms with Crippen LogP contribution in [0.2, 0.25) is 0 Å². The fraction of sp³-hybridized carbons (Fsp3) is 0.391. The van der Waals surface area contributed by atoms with Crippen molar-refractivity contribution in [3.63, 3.8) is 0 Å². The van der Waals surface area contributed by atoms with E-state index in [1.807, 2.05) is 30.3 Å². The van der Waals surface area contributed by atoms with Crippen LogP contribution in [0.3, 0.4) is 0 Å². The number of benzene rings is 2. The van der Waals surface area contributed by atoms with E-state index in [0.717, 1.165) is 11.3 Å². The van der Waals surface area contributed by atoms with Crippen LogP contribution in [0, 0.1) is 0 Å². The lowest BCUT2D eigenvalue weighted by Crippen LogP contribution is -2.60. The molecule has 0 spiro atoms. The maximum Gasteiger partial charge on any atom is 0.229 e. The molecule has 0 aliphatic carbocycles. The summed E-state index contributed by atoms with van der Waals surface area (Å²) in [5, 5.41) is 39.9. The smallest absolute Gasteiger partial charge is 0.229 e. The normalized spacial score (nSPS) is 25.5. The van der Waals surface area contributed by atoms with Crippen molar-refractivity contribution in [1.82, 2.24) is 0 Å². The molecule has 1 aliphatic rings. The first-order valence-corrected chi connectivity index (χ1v) is 9.97. The van der Waals surface area contributed by atoms with Crippen molar-refractivity contribution in [3.05, 3.63) is 47.5 Å². The fourth-order valence-corrected chi connectivity index (χ4v) is 3.30. The van der Waals surface area contributed by atoms with E-state index in [0.29, 0.717) is 17.1 Å². The van der Waals surface area contributed by atoms with Crippen molar-refractivity contribution < 1.29 is 44.1 Å². The molecule has 9 heteroatoms. The van der Waals surface area contributed by atoms with Crippen molar-refractivity contribution in [1.29, 1.82) is 0 Å². The van der Waals surface area contributed by atoms with Gasteiger partial charge < -0.3 is 44.1 Å². The zero-order valence-corrected chi connectivity index (χ0v) is 18.0. The van der Waals surface area contributed by atoms with E-state index in [1.165, 1.54) is 14.2 Å². The van der Waals surface area contributed by atoms with Crippen LogP contribution >= 0.6 is 0 Å². The van der Waals surface area contributed by atoms with Gasteiger partial charge in [0.2, 0.25) is 6.29 Å². The van der Waals surface area contributed by atoms with Gasteiger partial charge in [0.15, 0.2) is 11.5 Å². The number of methoxy groups -OCH3 is 3. The van der Waals surface area contributed by atoms with Gasteiger partial charge in [-0.3, -0.25) is 0 Å². The Morgan fingerprint density at radius 3 is 2.12 bits per heavy atom. The molecular formula is C23H28O9. The van der Waals surface area contributed by atoms with Crippen molar-refractivity contribution in [2.24, 2.45) is 0 Å². The van der Waals surface area contributed by atoms with Gasteiger partial charge in [0.05, 0.1) is 27.9 Å². The second-order valence-corrected chi connectivity index (χ2v) is 7.17. The number of rotatable bonds is 8. The van der Waals surface area contributed by atoms with E-state index in [-0.39, 0.29) is 5.75 Å². The standard InChI is InChI=1S/C23H28O9/c1-28-15-8-5-13(6-9-15)4-7-14-10-16(29-2)11-17(30-3)22(14)32-23-21(27)20(26)19(25)18(12-24)31-23/h4-11,18-21,23-27H,12H2,1-3H3/b7-4+/t18-,19-,20+,21-,23+/m1/s1. The first kappa shape index (κ1) is 23.8. The van der Waals surface area contributed by atoms with Gasteiger partial charge in [-0.25, -0.2) is 0 Å². The molecule has 9 nitrogen and oxygen atoms in total. The van der Waals surface area contributed by atoms with E-state index in [2.05, 4.69) is 0 Å². The van der Waals surface area contributed by atoms with Crippen molar-refractivity contribution >= 4 is 12.2 Å². The van der Waals surface area contributed by atoms with Crippen LogP contribution in [-0.2, 0) is 4.74 Å². The van der Waals surface area contributed by atoms with Crippen LogP contribution in [0.5, 0.6) is 23.0 Å². The van der Waals surface area contributed by atoms with Crippen molar-refractivity contribution in [2.45, 2.75) is 30.7 Å². The van der Waals surface area contributed by atoms with E-state index < -0.39 is 37.3 Å². The van der Waals surface area contributed by atoms with Gasteiger partial charge in [0.1, 0.15) is 35.9 Å². The highest BCUT2D eigenvalue weighted by Crippen LogP contribution is 2.39. The lowest BCUT2D eigenvalue weighted by Gasteiger charge is -2.39. The number of hydrogen-bond acceptors (Lipinski definition) is 9. The minimum atomic E-state index is -1.56. The predicted octanol–water partition coefficient (Wildman–Crippen LogP) is 1.06. The van der Waals surface area contributed by atoms with Crippen molar-refractivity contribution in [3.8, 4) is 23.0 Å². The Morgan fingerprint density at radius 2 is 1.53 bits per heavy atom. The SMILES string of the molecule is COc1ccc(/C=C/c2cc(OC)cc(OC)c2O[C@@H]2O[C@H](CO)[C@@H](O)[C@H](O)[C@H]2O)cc1. The third-order valence-corrected chi connectivity index (χ3v) is 5.17.